The van der Waals surface area contributed by atoms with Crippen molar-refractivity contribution in [3.63, 3.8) is 0 Å². The number of likely N-dealkylation sites (N-methyl/N-ethyl adjacent to an activating group) is 2. The summed E-state index contributed by atoms with van der Waals surface area (Å²) in [6.45, 7) is 12.4. The number of nitrogens with one attached hydrogen (secondary N) is 2. The summed E-state index contributed by atoms with van der Waals surface area (Å²) in [5.41, 5.74) is 5.94. The molecule has 0 aliphatic carbocycles. The lowest BCUT2D eigenvalue weighted by molar-refractivity contribution is -0.111. The highest BCUT2D eigenvalue weighted by Gasteiger charge is 2.26. The molecule has 226 valence electrons. The molecule has 1 aliphatic rings. The Morgan fingerprint density at radius 1 is 1.21 bits per heavy atom. The Kier molecular flexibility index (Phi) is 8.52. The third kappa shape index (κ3) is 5.98. The Balaban J connectivity index is 1.57. The summed E-state index contributed by atoms with van der Waals surface area (Å²) in [5.74, 6) is -0.572. The van der Waals surface area contributed by atoms with Crippen molar-refractivity contribution in [3.8, 4) is 11.3 Å². The van der Waals surface area contributed by atoms with Gasteiger partial charge in [0.2, 0.25) is 11.9 Å². The van der Waals surface area contributed by atoms with Crippen molar-refractivity contribution >= 4 is 39.8 Å². The number of hydrogen-bond donors (Lipinski definition) is 2. The zero-order valence-electron chi connectivity index (χ0n) is 25.8. The minimum atomic E-state index is -0.509. The van der Waals surface area contributed by atoms with Gasteiger partial charge in [0, 0.05) is 47.8 Å². The van der Waals surface area contributed by atoms with E-state index < -0.39 is 5.82 Å². The molecule has 0 spiro atoms. The van der Waals surface area contributed by atoms with Crippen LogP contribution >= 0.6 is 0 Å². The number of amides is 1. The molecule has 9 nitrogen and oxygen atoms in total. The van der Waals surface area contributed by atoms with Crippen molar-refractivity contribution in [1.29, 1.82) is 0 Å². The topological polar surface area (TPSA) is 87.5 Å². The Hall–Kier alpha value is -4.28. The summed E-state index contributed by atoms with van der Waals surface area (Å²) in [6, 6.07) is 11.9. The van der Waals surface area contributed by atoms with E-state index in [0.717, 1.165) is 40.1 Å². The van der Waals surface area contributed by atoms with Crippen LogP contribution in [0.4, 0.5) is 27.4 Å². The zero-order chi connectivity index (χ0) is 30.9. The Bertz CT molecular complexity index is 1680. The summed E-state index contributed by atoms with van der Waals surface area (Å²) in [4.78, 5) is 25.7. The van der Waals surface area contributed by atoms with E-state index >= 15 is 4.39 Å². The lowest BCUT2D eigenvalue weighted by Gasteiger charge is -2.38. The molecule has 0 bridgehead atoms. The molecule has 1 amide bonds. The van der Waals surface area contributed by atoms with E-state index in [1.165, 1.54) is 12.3 Å². The average molecular weight is 586 g/mol. The molecule has 0 radical (unpaired) electrons. The van der Waals surface area contributed by atoms with Gasteiger partial charge in [-0.25, -0.2) is 14.4 Å². The molecule has 4 aromatic rings. The second-order valence-corrected chi connectivity index (χ2v) is 11.7. The van der Waals surface area contributed by atoms with Crippen LogP contribution in [0.25, 0.3) is 22.2 Å². The van der Waals surface area contributed by atoms with Crippen molar-refractivity contribution in [2.75, 3.05) is 49.8 Å². The van der Waals surface area contributed by atoms with E-state index in [0.29, 0.717) is 37.4 Å². The lowest BCUT2D eigenvalue weighted by atomic mass is 10.0. The molecule has 5 rings (SSSR count). The van der Waals surface area contributed by atoms with Crippen molar-refractivity contribution < 1.29 is 13.9 Å². The van der Waals surface area contributed by atoms with E-state index in [4.69, 9.17) is 9.72 Å². The van der Waals surface area contributed by atoms with Crippen LogP contribution in [0.3, 0.4) is 0 Å². The summed E-state index contributed by atoms with van der Waals surface area (Å²) in [6.07, 6.45) is 3.15. The van der Waals surface area contributed by atoms with Gasteiger partial charge in [-0.05, 0) is 64.2 Å². The molecule has 1 aliphatic heterocycles. The van der Waals surface area contributed by atoms with Gasteiger partial charge < -0.3 is 29.7 Å². The van der Waals surface area contributed by atoms with Crippen molar-refractivity contribution in [1.82, 2.24) is 19.4 Å². The Labute approximate surface area is 252 Å². The van der Waals surface area contributed by atoms with Crippen LogP contribution in [-0.2, 0) is 29.1 Å². The number of aryl methyl sites for hydroxylation is 1. The number of carbonyl (C=O) groups excluding carboxylic acids is 1. The fraction of sp³-hybridized carbons (Fsp3) is 0.364. The van der Waals surface area contributed by atoms with Gasteiger partial charge in [-0.2, -0.15) is 0 Å². The van der Waals surface area contributed by atoms with Crippen LogP contribution in [0.2, 0.25) is 0 Å². The number of nitrogens with zero attached hydrogens (tertiary/aromatic N) is 5. The van der Waals surface area contributed by atoms with Crippen LogP contribution in [0.5, 0.6) is 0 Å². The quantitative estimate of drug-likeness (QED) is 0.222. The highest BCUT2D eigenvalue weighted by atomic mass is 19.1. The van der Waals surface area contributed by atoms with Gasteiger partial charge in [0.25, 0.3) is 0 Å². The molecule has 0 saturated carbocycles. The van der Waals surface area contributed by atoms with E-state index in [1.807, 2.05) is 37.4 Å². The molecule has 43 heavy (non-hydrogen) atoms. The minimum Gasteiger partial charge on any atom is -0.373 e. The van der Waals surface area contributed by atoms with Crippen LogP contribution in [0, 0.1) is 5.82 Å². The SMILES string of the molecule is C=CC(=O)Nc1cc(Nc2ncc(F)c(-c3c4n(c5ccccc35)CCOC4)n2)c(CC)cc1N(C)CC(C)(C)N(C)C. The van der Waals surface area contributed by atoms with Crippen molar-refractivity contribution in [2.45, 2.75) is 45.9 Å². The predicted octanol–water partition coefficient (Wildman–Crippen LogP) is 5.97. The van der Waals surface area contributed by atoms with E-state index in [1.54, 1.807) is 0 Å². The van der Waals surface area contributed by atoms with Gasteiger partial charge >= 0.3 is 0 Å². The number of para-hydroxylation sites is 1. The fourth-order valence-electron chi connectivity index (χ4n) is 5.52. The van der Waals surface area contributed by atoms with Gasteiger partial charge in [-0.3, -0.25) is 4.79 Å². The number of benzene rings is 2. The largest absolute Gasteiger partial charge is 0.373 e. The van der Waals surface area contributed by atoms with Gasteiger partial charge in [-0.1, -0.05) is 31.7 Å². The van der Waals surface area contributed by atoms with Crippen molar-refractivity contribution in [2.24, 2.45) is 0 Å². The maximum Gasteiger partial charge on any atom is 0.247 e. The number of anilines is 4. The second kappa shape index (κ2) is 12.1. The number of aromatic nitrogens is 3. The number of hydrogen-bond acceptors (Lipinski definition) is 7. The van der Waals surface area contributed by atoms with E-state index in [9.17, 15) is 4.79 Å². The lowest BCUT2D eigenvalue weighted by Crippen LogP contribution is -2.47. The molecule has 2 aromatic carbocycles. The normalized spacial score (nSPS) is 13.2. The molecular formula is C33H40FN7O2. The molecule has 3 heterocycles. The second-order valence-electron chi connectivity index (χ2n) is 11.7. The van der Waals surface area contributed by atoms with E-state index in [-0.39, 0.29) is 23.1 Å². The first kappa shape index (κ1) is 30.2. The number of halogens is 1. The standard InChI is InChI=1S/C33H40FN7O2/c1-8-21-16-27(40(7)20-33(3,4)39(5)6)25(36-29(42)9-2)17-24(21)37-32-35-18-23(34)31(38-32)30-22-12-10-11-13-26(22)41-14-15-43-19-28(30)41/h9-13,16-18H,2,8,14-15,19-20H2,1,3-7H3,(H,36,42)(H,35,37,38). The van der Waals surface area contributed by atoms with Crippen LogP contribution < -0.4 is 15.5 Å². The summed E-state index contributed by atoms with van der Waals surface area (Å²) in [7, 11) is 6.11. The Morgan fingerprint density at radius 2 is 1.98 bits per heavy atom. The maximum atomic E-state index is 15.4. The van der Waals surface area contributed by atoms with Gasteiger partial charge in [0.05, 0.1) is 36.5 Å². The molecular weight excluding hydrogens is 545 g/mol. The van der Waals surface area contributed by atoms with Crippen LogP contribution in [-0.4, -0.2) is 65.2 Å². The van der Waals surface area contributed by atoms with Crippen LogP contribution in [0.1, 0.15) is 32.0 Å². The van der Waals surface area contributed by atoms with Gasteiger partial charge in [0.1, 0.15) is 5.69 Å². The summed E-state index contributed by atoms with van der Waals surface area (Å²) in [5, 5.41) is 7.20. The molecule has 2 aromatic heterocycles. The number of fused-ring (bicyclic) bond motifs is 3. The number of carbonyl (C=O) groups is 1. The highest BCUT2D eigenvalue weighted by molar-refractivity contribution is 6.02. The molecule has 0 unspecified atom stereocenters. The predicted molar refractivity (Wildman–Crippen MR) is 172 cm³/mol. The third-order valence-electron chi connectivity index (χ3n) is 8.30. The van der Waals surface area contributed by atoms with Gasteiger partial charge in [0.15, 0.2) is 5.82 Å². The smallest absolute Gasteiger partial charge is 0.247 e. The molecule has 0 saturated heterocycles. The molecule has 2 N–H and O–H groups in total. The molecule has 0 atom stereocenters. The zero-order valence-corrected chi connectivity index (χ0v) is 25.8. The molecule has 10 heteroatoms. The van der Waals surface area contributed by atoms with Gasteiger partial charge in [-0.15, -0.1) is 0 Å². The van der Waals surface area contributed by atoms with Crippen LogP contribution in [0.15, 0.2) is 55.3 Å². The number of ether oxygens (including phenoxy) is 1. The number of rotatable bonds is 10. The minimum absolute atomic E-state index is 0.121. The highest BCUT2D eigenvalue weighted by Crippen LogP contribution is 2.38. The van der Waals surface area contributed by atoms with E-state index in [2.05, 4.69) is 77.5 Å². The Morgan fingerprint density at radius 3 is 2.70 bits per heavy atom. The summed E-state index contributed by atoms with van der Waals surface area (Å²) >= 11 is 0. The fourth-order valence-corrected chi connectivity index (χ4v) is 5.52. The first-order valence-electron chi connectivity index (χ1n) is 14.5. The third-order valence-corrected chi connectivity index (χ3v) is 8.30. The summed E-state index contributed by atoms with van der Waals surface area (Å²) < 4.78 is 23.4. The molecule has 0 fully saturated rings. The first-order chi connectivity index (χ1) is 20.5. The van der Waals surface area contributed by atoms with Crippen molar-refractivity contribution in [3.05, 3.63) is 72.3 Å². The monoisotopic (exact) mass is 585 g/mol. The first-order valence-corrected chi connectivity index (χ1v) is 14.5. The average Bonchev–Trinajstić information content (AvgIpc) is 3.32. The maximum absolute atomic E-state index is 15.4.